The van der Waals surface area contributed by atoms with Crippen molar-refractivity contribution in [2.45, 2.75) is 32.9 Å². The van der Waals surface area contributed by atoms with E-state index in [2.05, 4.69) is 15.6 Å². The lowest BCUT2D eigenvalue weighted by Crippen LogP contribution is -2.38. The van der Waals surface area contributed by atoms with Crippen LogP contribution in [0, 0.1) is 12.7 Å². The van der Waals surface area contributed by atoms with Crippen molar-refractivity contribution in [2.24, 2.45) is 4.99 Å². The van der Waals surface area contributed by atoms with Crippen LogP contribution in [0.3, 0.4) is 0 Å². The number of nitrogens with zero attached hydrogens (tertiary/aromatic N) is 1. The number of rotatable bonds is 4. The summed E-state index contributed by atoms with van der Waals surface area (Å²) in [5.74, 6) is 2.01. The highest BCUT2D eigenvalue weighted by Gasteiger charge is 2.12. The van der Waals surface area contributed by atoms with Gasteiger partial charge in [-0.15, -0.1) is 0 Å². The number of fused-ring (bicyclic) bond motifs is 1. The molecule has 0 amide bonds. The standard InChI is InChI=1S/C21H26FN3O2/c1-14-5-7-17(12-18(14)22)15(2)25-21(23-3)24-13-16-6-8-19-20(11-16)27-10-4-9-26-19/h5-8,11-12,15H,4,9-10,13H2,1-3H3,(H2,23,24,25). The number of hydrogen-bond acceptors (Lipinski definition) is 3. The number of benzene rings is 2. The molecule has 0 bridgehead atoms. The van der Waals surface area contributed by atoms with E-state index < -0.39 is 0 Å². The van der Waals surface area contributed by atoms with E-state index in [0.29, 0.717) is 31.3 Å². The third-order valence-electron chi connectivity index (χ3n) is 4.54. The molecule has 1 heterocycles. The molecule has 27 heavy (non-hydrogen) atoms. The summed E-state index contributed by atoms with van der Waals surface area (Å²) in [4.78, 5) is 4.26. The first-order chi connectivity index (χ1) is 13.1. The second kappa shape index (κ2) is 8.75. The molecule has 5 nitrogen and oxygen atoms in total. The predicted molar refractivity (Wildman–Crippen MR) is 105 cm³/mol. The first-order valence-corrected chi connectivity index (χ1v) is 9.18. The van der Waals surface area contributed by atoms with Gasteiger partial charge in [-0.3, -0.25) is 4.99 Å². The Morgan fingerprint density at radius 1 is 1.15 bits per heavy atom. The molecular formula is C21H26FN3O2. The van der Waals surface area contributed by atoms with Crippen molar-refractivity contribution < 1.29 is 13.9 Å². The summed E-state index contributed by atoms with van der Waals surface area (Å²) in [7, 11) is 1.71. The molecule has 0 saturated carbocycles. The minimum atomic E-state index is -0.198. The molecular weight excluding hydrogens is 345 g/mol. The summed E-state index contributed by atoms with van der Waals surface area (Å²) >= 11 is 0. The van der Waals surface area contributed by atoms with Gasteiger partial charge in [0, 0.05) is 20.0 Å². The molecule has 0 aliphatic carbocycles. The molecule has 0 radical (unpaired) electrons. The molecule has 0 fully saturated rings. The van der Waals surface area contributed by atoms with Crippen LogP contribution in [0.5, 0.6) is 11.5 Å². The van der Waals surface area contributed by atoms with Gasteiger partial charge in [0.1, 0.15) is 5.82 Å². The third kappa shape index (κ3) is 4.90. The van der Waals surface area contributed by atoms with E-state index in [4.69, 9.17) is 9.47 Å². The van der Waals surface area contributed by atoms with Crippen molar-refractivity contribution in [1.29, 1.82) is 0 Å². The molecule has 1 aliphatic heterocycles. The summed E-state index contributed by atoms with van der Waals surface area (Å²) in [5.41, 5.74) is 2.58. The van der Waals surface area contributed by atoms with E-state index in [9.17, 15) is 4.39 Å². The summed E-state index contributed by atoms with van der Waals surface area (Å²) < 4.78 is 25.2. The Bertz CT molecular complexity index is 823. The number of guanidine groups is 1. The average Bonchev–Trinajstić information content (AvgIpc) is 2.92. The lowest BCUT2D eigenvalue weighted by atomic mass is 10.1. The first-order valence-electron chi connectivity index (χ1n) is 9.18. The van der Waals surface area contributed by atoms with E-state index in [1.165, 1.54) is 0 Å². The highest BCUT2D eigenvalue weighted by molar-refractivity contribution is 5.80. The zero-order valence-corrected chi connectivity index (χ0v) is 16.0. The van der Waals surface area contributed by atoms with Crippen LogP contribution < -0.4 is 20.1 Å². The smallest absolute Gasteiger partial charge is 0.191 e. The first kappa shape index (κ1) is 19.0. The lowest BCUT2D eigenvalue weighted by Gasteiger charge is -2.19. The lowest BCUT2D eigenvalue weighted by molar-refractivity contribution is 0.297. The molecule has 3 rings (SSSR count). The van der Waals surface area contributed by atoms with E-state index in [1.54, 1.807) is 26.1 Å². The average molecular weight is 371 g/mol. The molecule has 2 aromatic rings. The van der Waals surface area contributed by atoms with Gasteiger partial charge in [0.25, 0.3) is 0 Å². The van der Waals surface area contributed by atoms with Crippen LogP contribution in [0.15, 0.2) is 41.4 Å². The fourth-order valence-corrected chi connectivity index (χ4v) is 2.86. The molecule has 6 heteroatoms. The van der Waals surface area contributed by atoms with Crippen molar-refractivity contribution in [3.8, 4) is 11.5 Å². The zero-order valence-electron chi connectivity index (χ0n) is 16.0. The van der Waals surface area contributed by atoms with Gasteiger partial charge in [-0.2, -0.15) is 0 Å². The topological polar surface area (TPSA) is 54.9 Å². The fourth-order valence-electron chi connectivity index (χ4n) is 2.86. The van der Waals surface area contributed by atoms with E-state index in [-0.39, 0.29) is 11.9 Å². The number of ether oxygens (including phenoxy) is 2. The maximum absolute atomic E-state index is 13.8. The molecule has 0 spiro atoms. The van der Waals surface area contributed by atoms with E-state index in [1.807, 2.05) is 31.2 Å². The number of nitrogens with one attached hydrogen (secondary N) is 2. The van der Waals surface area contributed by atoms with Crippen LogP contribution in [-0.2, 0) is 6.54 Å². The number of aryl methyl sites for hydroxylation is 1. The molecule has 144 valence electrons. The third-order valence-corrected chi connectivity index (χ3v) is 4.54. The SMILES string of the molecule is CN=C(NCc1ccc2c(c1)OCCCO2)NC(C)c1ccc(C)c(F)c1. The van der Waals surface area contributed by atoms with Gasteiger partial charge in [-0.1, -0.05) is 18.2 Å². The fraction of sp³-hybridized carbons (Fsp3) is 0.381. The van der Waals surface area contributed by atoms with Crippen molar-refractivity contribution in [3.63, 3.8) is 0 Å². The van der Waals surface area contributed by atoms with Crippen LogP contribution in [0.4, 0.5) is 4.39 Å². The Labute approximate surface area is 159 Å². The second-order valence-corrected chi connectivity index (χ2v) is 6.63. The Morgan fingerprint density at radius 3 is 2.67 bits per heavy atom. The van der Waals surface area contributed by atoms with Crippen LogP contribution in [-0.4, -0.2) is 26.2 Å². The Balaban J connectivity index is 1.60. The van der Waals surface area contributed by atoms with Gasteiger partial charge in [0.15, 0.2) is 17.5 Å². The number of aliphatic imine (C=N–C) groups is 1. The van der Waals surface area contributed by atoms with Crippen molar-refractivity contribution in [1.82, 2.24) is 10.6 Å². The Kier molecular flexibility index (Phi) is 6.16. The molecule has 1 atom stereocenters. The molecule has 0 aromatic heterocycles. The maximum atomic E-state index is 13.8. The molecule has 1 unspecified atom stereocenters. The quantitative estimate of drug-likeness (QED) is 0.635. The van der Waals surface area contributed by atoms with Gasteiger partial charge in [0.05, 0.1) is 19.3 Å². The van der Waals surface area contributed by atoms with E-state index in [0.717, 1.165) is 29.0 Å². The van der Waals surface area contributed by atoms with Gasteiger partial charge < -0.3 is 20.1 Å². The largest absolute Gasteiger partial charge is 0.490 e. The van der Waals surface area contributed by atoms with Crippen LogP contribution in [0.25, 0.3) is 0 Å². The summed E-state index contributed by atoms with van der Waals surface area (Å²) in [5, 5.41) is 6.57. The Hall–Kier alpha value is -2.76. The molecule has 2 N–H and O–H groups in total. The number of halogens is 1. The van der Waals surface area contributed by atoms with Crippen LogP contribution in [0.1, 0.15) is 36.1 Å². The van der Waals surface area contributed by atoms with Crippen LogP contribution in [0.2, 0.25) is 0 Å². The van der Waals surface area contributed by atoms with Gasteiger partial charge in [0.2, 0.25) is 0 Å². The zero-order chi connectivity index (χ0) is 19.2. The second-order valence-electron chi connectivity index (χ2n) is 6.63. The Morgan fingerprint density at radius 2 is 1.93 bits per heavy atom. The molecule has 2 aromatic carbocycles. The maximum Gasteiger partial charge on any atom is 0.191 e. The normalized spacial score (nSPS) is 15.0. The van der Waals surface area contributed by atoms with Gasteiger partial charge >= 0.3 is 0 Å². The summed E-state index contributed by atoms with van der Waals surface area (Å²) in [6.07, 6.45) is 0.885. The molecule has 1 aliphatic rings. The highest BCUT2D eigenvalue weighted by Crippen LogP contribution is 2.30. The molecule has 0 saturated heterocycles. The summed E-state index contributed by atoms with van der Waals surface area (Å²) in [6.45, 7) is 5.67. The van der Waals surface area contributed by atoms with Crippen molar-refractivity contribution in [3.05, 3.63) is 58.9 Å². The monoisotopic (exact) mass is 371 g/mol. The summed E-state index contributed by atoms with van der Waals surface area (Å²) in [6, 6.07) is 11.1. The minimum Gasteiger partial charge on any atom is -0.490 e. The van der Waals surface area contributed by atoms with Crippen molar-refractivity contribution in [2.75, 3.05) is 20.3 Å². The van der Waals surface area contributed by atoms with E-state index >= 15 is 0 Å². The van der Waals surface area contributed by atoms with Gasteiger partial charge in [-0.25, -0.2) is 4.39 Å². The highest BCUT2D eigenvalue weighted by atomic mass is 19.1. The predicted octanol–water partition coefficient (Wildman–Crippen LogP) is 3.72. The van der Waals surface area contributed by atoms with Crippen LogP contribution >= 0.6 is 0 Å². The van der Waals surface area contributed by atoms with Crippen molar-refractivity contribution >= 4 is 5.96 Å². The minimum absolute atomic E-state index is 0.0740. The number of hydrogen-bond donors (Lipinski definition) is 2. The van der Waals surface area contributed by atoms with Gasteiger partial charge in [-0.05, 0) is 48.7 Å².